The molecule has 0 aromatic heterocycles. The van der Waals surface area contributed by atoms with Crippen LogP contribution in [0.25, 0.3) is 0 Å². The van der Waals surface area contributed by atoms with Crippen molar-refractivity contribution in [3.05, 3.63) is 63.2 Å². The number of rotatable bonds is 6. The maximum absolute atomic E-state index is 14.3. The van der Waals surface area contributed by atoms with Gasteiger partial charge >= 0.3 is 0 Å². The summed E-state index contributed by atoms with van der Waals surface area (Å²) < 4.78 is 7.85. The van der Waals surface area contributed by atoms with E-state index in [-0.39, 0.29) is 36.8 Å². The van der Waals surface area contributed by atoms with Crippen LogP contribution in [0.4, 0.5) is 5.69 Å². The number of aliphatic hydroxyl groups excluding tert-OH is 1. The fourth-order valence-electron chi connectivity index (χ4n) is 6.80. The van der Waals surface area contributed by atoms with Crippen LogP contribution < -0.4 is 4.90 Å². The van der Waals surface area contributed by atoms with Crippen LogP contribution in [0.5, 0.6) is 0 Å². The highest BCUT2D eigenvalue weighted by Gasteiger charge is 2.66. The van der Waals surface area contributed by atoms with Gasteiger partial charge in [0.25, 0.3) is 5.91 Å². The number of fused-ring (bicyclic) bond motifs is 2. The Morgan fingerprint density at radius 3 is 2.57 bits per heavy atom. The average Bonchev–Trinajstić information content (AvgIpc) is 3.51. The molecule has 0 bridgehead atoms. The van der Waals surface area contributed by atoms with Crippen molar-refractivity contribution in [1.29, 1.82) is 0 Å². The summed E-state index contributed by atoms with van der Waals surface area (Å²) in [6.07, 6.45) is 1.06. The number of aliphatic hydroxyl groups is 2. The number of carbonyl (C=O) groups is 2. The molecule has 37 heavy (non-hydrogen) atoms. The van der Waals surface area contributed by atoms with E-state index in [0.717, 1.165) is 33.2 Å². The summed E-state index contributed by atoms with van der Waals surface area (Å²) in [7, 11) is 0. The first-order chi connectivity index (χ1) is 17.6. The zero-order valence-electron chi connectivity index (χ0n) is 21.6. The van der Waals surface area contributed by atoms with Gasteiger partial charge in [0, 0.05) is 27.5 Å². The van der Waals surface area contributed by atoms with E-state index in [1.165, 1.54) is 0 Å². The Bertz CT molecular complexity index is 1180. The SMILES string of the molecule is C[C@H]1[C@H](C(C)(C)O)[C@@H](CC(=O)N2CCC[C@H]2CO)O[C@]12C(=O)N(Cc1ccc(I)cc1)c1ccccc12. The molecule has 2 N–H and O–H groups in total. The van der Waals surface area contributed by atoms with E-state index in [9.17, 15) is 19.8 Å². The zero-order chi connectivity index (χ0) is 26.5. The molecule has 1 spiro atoms. The number of likely N-dealkylation sites (tertiary alicyclic amines) is 1. The number of benzene rings is 2. The Morgan fingerprint density at radius 2 is 1.89 bits per heavy atom. The number of amides is 2. The number of anilines is 1. The van der Waals surface area contributed by atoms with Crippen molar-refractivity contribution >= 4 is 40.1 Å². The van der Waals surface area contributed by atoms with Gasteiger partial charge < -0.3 is 24.7 Å². The van der Waals surface area contributed by atoms with Gasteiger partial charge in [0.15, 0.2) is 5.60 Å². The highest BCUT2D eigenvalue weighted by molar-refractivity contribution is 14.1. The van der Waals surface area contributed by atoms with Crippen LogP contribution in [0.2, 0.25) is 0 Å². The van der Waals surface area contributed by atoms with E-state index in [0.29, 0.717) is 13.1 Å². The van der Waals surface area contributed by atoms with E-state index in [1.54, 1.807) is 23.6 Å². The monoisotopic (exact) mass is 618 g/mol. The van der Waals surface area contributed by atoms with Crippen LogP contribution in [-0.4, -0.2) is 57.8 Å². The van der Waals surface area contributed by atoms with Crippen LogP contribution in [0, 0.1) is 15.4 Å². The second kappa shape index (κ2) is 9.94. The van der Waals surface area contributed by atoms with Gasteiger partial charge in [-0.3, -0.25) is 9.59 Å². The fraction of sp³-hybridized carbons (Fsp3) is 0.517. The normalized spacial score (nSPS) is 29.4. The number of ether oxygens (including phenoxy) is 1. The summed E-state index contributed by atoms with van der Waals surface area (Å²) in [5.74, 6) is -1.07. The summed E-state index contributed by atoms with van der Waals surface area (Å²) in [5, 5.41) is 21.0. The van der Waals surface area contributed by atoms with Crippen molar-refractivity contribution in [2.75, 3.05) is 18.1 Å². The first kappa shape index (κ1) is 26.6. The maximum Gasteiger partial charge on any atom is 0.264 e. The van der Waals surface area contributed by atoms with Crippen molar-refractivity contribution in [1.82, 2.24) is 4.90 Å². The number of hydrogen-bond acceptors (Lipinski definition) is 5. The Labute approximate surface area is 231 Å². The smallest absolute Gasteiger partial charge is 0.264 e. The summed E-state index contributed by atoms with van der Waals surface area (Å²) in [4.78, 5) is 31.2. The third-order valence-electron chi connectivity index (χ3n) is 8.43. The van der Waals surface area contributed by atoms with Crippen molar-refractivity contribution in [2.24, 2.45) is 11.8 Å². The Kier molecular flexibility index (Phi) is 7.15. The third kappa shape index (κ3) is 4.49. The molecule has 0 radical (unpaired) electrons. The van der Waals surface area contributed by atoms with Gasteiger partial charge in [0.05, 0.1) is 43.0 Å². The Hall–Kier alpha value is -2.01. The van der Waals surface area contributed by atoms with E-state index >= 15 is 0 Å². The number of para-hydroxylation sites is 1. The largest absolute Gasteiger partial charge is 0.394 e. The topological polar surface area (TPSA) is 90.3 Å². The molecule has 7 nitrogen and oxygen atoms in total. The van der Waals surface area contributed by atoms with Crippen LogP contribution in [0.3, 0.4) is 0 Å². The molecule has 5 atom stereocenters. The van der Waals surface area contributed by atoms with E-state index < -0.39 is 23.2 Å². The molecule has 8 heteroatoms. The van der Waals surface area contributed by atoms with Gasteiger partial charge in [-0.05, 0) is 73.0 Å². The van der Waals surface area contributed by atoms with Gasteiger partial charge in [0.1, 0.15) is 0 Å². The molecule has 2 aromatic carbocycles. The van der Waals surface area contributed by atoms with Crippen molar-refractivity contribution in [2.45, 2.75) is 69.9 Å². The number of halogens is 1. The first-order valence-corrected chi connectivity index (χ1v) is 14.1. The first-order valence-electron chi connectivity index (χ1n) is 13.0. The molecule has 2 aromatic rings. The maximum atomic E-state index is 14.3. The molecule has 0 saturated carbocycles. The Morgan fingerprint density at radius 1 is 1.19 bits per heavy atom. The minimum absolute atomic E-state index is 0.0593. The predicted octanol–water partition coefficient (Wildman–Crippen LogP) is 3.83. The lowest BCUT2D eigenvalue weighted by Crippen LogP contribution is -2.46. The van der Waals surface area contributed by atoms with E-state index in [2.05, 4.69) is 22.6 Å². The zero-order valence-corrected chi connectivity index (χ0v) is 23.7. The summed E-state index contributed by atoms with van der Waals surface area (Å²) >= 11 is 2.26. The van der Waals surface area contributed by atoms with Crippen LogP contribution in [0.15, 0.2) is 48.5 Å². The van der Waals surface area contributed by atoms with Gasteiger partial charge in [-0.25, -0.2) is 0 Å². The minimum Gasteiger partial charge on any atom is -0.394 e. The van der Waals surface area contributed by atoms with E-state index in [4.69, 9.17) is 4.74 Å². The summed E-state index contributed by atoms with van der Waals surface area (Å²) in [6.45, 7) is 6.38. The average molecular weight is 619 g/mol. The lowest BCUT2D eigenvalue weighted by atomic mass is 9.71. The molecule has 3 aliphatic rings. The molecular formula is C29H35IN2O5. The van der Waals surface area contributed by atoms with Crippen LogP contribution >= 0.6 is 22.6 Å². The number of hydrogen-bond donors (Lipinski definition) is 2. The molecular weight excluding hydrogens is 583 g/mol. The van der Waals surface area contributed by atoms with Gasteiger partial charge in [-0.1, -0.05) is 37.3 Å². The molecule has 0 unspecified atom stereocenters. The van der Waals surface area contributed by atoms with Crippen LogP contribution in [-0.2, 0) is 26.5 Å². The predicted molar refractivity (Wildman–Crippen MR) is 149 cm³/mol. The van der Waals surface area contributed by atoms with E-state index in [1.807, 2.05) is 55.5 Å². The van der Waals surface area contributed by atoms with Gasteiger partial charge in [-0.15, -0.1) is 0 Å². The van der Waals surface area contributed by atoms with Gasteiger partial charge in [-0.2, -0.15) is 0 Å². The molecule has 2 saturated heterocycles. The number of carbonyl (C=O) groups excluding carboxylic acids is 2. The van der Waals surface area contributed by atoms with Gasteiger partial charge in [0.2, 0.25) is 5.91 Å². The molecule has 5 rings (SSSR count). The number of nitrogens with zero attached hydrogens (tertiary/aromatic N) is 2. The lowest BCUT2D eigenvalue weighted by Gasteiger charge is -2.34. The quantitative estimate of drug-likeness (QED) is 0.481. The third-order valence-corrected chi connectivity index (χ3v) is 9.15. The van der Waals surface area contributed by atoms with Crippen molar-refractivity contribution in [3.63, 3.8) is 0 Å². The molecule has 0 aliphatic carbocycles. The molecule has 2 amide bonds. The van der Waals surface area contributed by atoms with Crippen LogP contribution in [0.1, 0.15) is 51.2 Å². The standard InChI is InChI=1S/C29H35IN2O5/c1-18-26(28(2,3)36)24(15-25(34)31-14-6-7-21(31)17-33)37-29(18)22-8-4-5-9-23(22)32(27(29)35)16-19-10-12-20(30)13-11-19/h4-5,8-13,18,21,24,26,33,36H,6-7,14-17H2,1-3H3/t18-,21-,24+,26-,29+/m0/s1. The second-order valence-electron chi connectivity index (χ2n) is 11.2. The highest BCUT2D eigenvalue weighted by atomic mass is 127. The fourth-order valence-corrected chi connectivity index (χ4v) is 7.16. The van der Waals surface area contributed by atoms with Crippen molar-refractivity contribution in [3.8, 4) is 0 Å². The summed E-state index contributed by atoms with van der Waals surface area (Å²) in [6, 6.07) is 15.6. The molecule has 3 heterocycles. The van der Waals surface area contributed by atoms with Crippen molar-refractivity contribution < 1.29 is 24.5 Å². The summed E-state index contributed by atoms with van der Waals surface area (Å²) in [5.41, 5.74) is 0.155. The molecule has 198 valence electrons. The highest BCUT2D eigenvalue weighted by Crippen LogP contribution is 2.58. The molecule has 2 fully saturated rings. The Balaban J connectivity index is 1.51. The molecule has 3 aliphatic heterocycles. The minimum atomic E-state index is -1.28. The lowest BCUT2D eigenvalue weighted by molar-refractivity contribution is -0.150. The second-order valence-corrected chi connectivity index (χ2v) is 12.4.